The van der Waals surface area contributed by atoms with E-state index in [1.54, 1.807) is 0 Å². The van der Waals surface area contributed by atoms with Crippen molar-refractivity contribution < 1.29 is 0 Å². The number of rotatable bonds is 1. The van der Waals surface area contributed by atoms with Gasteiger partial charge in [-0.25, -0.2) is 0 Å². The second-order valence-electron chi connectivity index (χ2n) is 7.45. The molecule has 120 valence electrons. The molecular formula is C22H27N. The van der Waals surface area contributed by atoms with Crippen molar-refractivity contribution in [3.05, 3.63) is 59.3 Å². The smallest absolute Gasteiger partial charge is 0.0487 e. The Hall–Kier alpha value is -1.76. The molecule has 0 aromatic heterocycles. The number of hydrogen-bond acceptors (Lipinski definition) is 1. The molecule has 0 saturated heterocycles. The lowest BCUT2D eigenvalue weighted by Gasteiger charge is -2.44. The van der Waals surface area contributed by atoms with Gasteiger partial charge in [0.25, 0.3) is 0 Å². The van der Waals surface area contributed by atoms with Crippen molar-refractivity contribution in [3.8, 4) is 0 Å². The molecule has 2 aliphatic carbocycles. The summed E-state index contributed by atoms with van der Waals surface area (Å²) in [6.45, 7) is 4.90. The van der Waals surface area contributed by atoms with Crippen molar-refractivity contribution in [3.63, 3.8) is 0 Å². The van der Waals surface area contributed by atoms with E-state index >= 15 is 0 Å². The Balaban J connectivity index is 1.85. The van der Waals surface area contributed by atoms with Crippen molar-refractivity contribution in [1.82, 2.24) is 0 Å². The summed E-state index contributed by atoms with van der Waals surface area (Å²) in [7, 11) is 0. The Bertz CT molecular complexity index is 679. The van der Waals surface area contributed by atoms with Gasteiger partial charge in [-0.1, -0.05) is 63.1 Å². The first-order valence-corrected chi connectivity index (χ1v) is 9.22. The summed E-state index contributed by atoms with van der Waals surface area (Å²) in [5.74, 6) is 1.55. The molecule has 3 atom stereocenters. The highest BCUT2D eigenvalue weighted by atomic mass is 15.2. The van der Waals surface area contributed by atoms with Crippen molar-refractivity contribution in [2.75, 3.05) is 4.90 Å². The molecule has 1 aliphatic heterocycles. The van der Waals surface area contributed by atoms with Gasteiger partial charge in [0.2, 0.25) is 0 Å². The molecule has 3 unspecified atom stereocenters. The number of para-hydroxylation sites is 1. The van der Waals surface area contributed by atoms with Crippen LogP contribution in [0.15, 0.2) is 53.8 Å². The monoisotopic (exact) mass is 305 g/mol. The van der Waals surface area contributed by atoms with Crippen LogP contribution in [0.1, 0.15) is 51.5 Å². The van der Waals surface area contributed by atoms with E-state index in [9.17, 15) is 0 Å². The van der Waals surface area contributed by atoms with Gasteiger partial charge in [-0.15, -0.1) is 0 Å². The van der Waals surface area contributed by atoms with Gasteiger partial charge in [0.05, 0.1) is 0 Å². The highest BCUT2D eigenvalue weighted by Gasteiger charge is 2.35. The van der Waals surface area contributed by atoms with Gasteiger partial charge in [0, 0.05) is 17.4 Å². The van der Waals surface area contributed by atoms with Crippen LogP contribution in [0.3, 0.4) is 0 Å². The van der Waals surface area contributed by atoms with Gasteiger partial charge in [-0.05, 0) is 54.4 Å². The molecule has 1 heteroatoms. The van der Waals surface area contributed by atoms with E-state index in [2.05, 4.69) is 67.3 Å². The molecule has 3 aliphatic rings. The molecule has 1 nitrogen and oxygen atoms in total. The minimum absolute atomic E-state index is 0.618. The van der Waals surface area contributed by atoms with Gasteiger partial charge >= 0.3 is 0 Å². The first-order chi connectivity index (χ1) is 11.3. The van der Waals surface area contributed by atoms with Crippen molar-refractivity contribution >= 4 is 11.8 Å². The number of anilines is 1. The van der Waals surface area contributed by atoms with Crippen LogP contribution in [-0.2, 0) is 0 Å². The molecule has 0 amide bonds. The number of fused-ring (bicyclic) bond motifs is 1. The molecule has 1 fully saturated rings. The third-order valence-corrected chi connectivity index (χ3v) is 6.10. The van der Waals surface area contributed by atoms with E-state index in [1.165, 1.54) is 54.6 Å². The van der Waals surface area contributed by atoms with Crippen LogP contribution in [0, 0.1) is 11.8 Å². The molecule has 4 rings (SSSR count). The van der Waals surface area contributed by atoms with Gasteiger partial charge in [-0.2, -0.15) is 0 Å². The molecule has 23 heavy (non-hydrogen) atoms. The zero-order valence-corrected chi connectivity index (χ0v) is 14.3. The normalized spacial score (nSPS) is 30.0. The first-order valence-electron chi connectivity index (χ1n) is 9.22. The number of benzene rings is 1. The van der Waals surface area contributed by atoms with E-state index in [0.717, 1.165) is 11.8 Å². The molecule has 1 heterocycles. The van der Waals surface area contributed by atoms with Crippen LogP contribution >= 0.6 is 0 Å². The van der Waals surface area contributed by atoms with Gasteiger partial charge in [0.1, 0.15) is 0 Å². The molecule has 0 bridgehead atoms. The van der Waals surface area contributed by atoms with E-state index in [1.807, 2.05) is 0 Å². The van der Waals surface area contributed by atoms with Crippen LogP contribution in [0.25, 0.3) is 6.08 Å². The van der Waals surface area contributed by atoms with Crippen LogP contribution in [0.4, 0.5) is 5.69 Å². The maximum absolute atomic E-state index is 2.68. The summed E-state index contributed by atoms with van der Waals surface area (Å²) in [5.41, 5.74) is 5.71. The summed E-state index contributed by atoms with van der Waals surface area (Å²) in [6, 6.07) is 9.54. The lowest BCUT2D eigenvalue weighted by Crippen LogP contribution is -2.44. The van der Waals surface area contributed by atoms with Crippen LogP contribution in [0.5, 0.6) is 0 Å². The average molecular weight is 305 g/mol. The summed E-state index contributed by atoms with van der Waals surface area (Å²) in [4.78, 5) is 2.68. The zero-order valence-electron chi connectivity index (χ0n) is 14.3. The van der Waals surface area contributed by atoms with Crippen molar-refractivity contribution in [2.24, 2.45) is 11.8 Å². The van der Waals surface area contributed by atoms with Gasteiger partial charge in [0.15, 0.2) is 0 Å². The first kappa shape index (κ1) is 14.8. The fourth-order valence-electron chi connectivity index (χ4n) is 4.52. The third-order valence-electron chi connectivity index (χ3n) is 6.10. The Kier molecular flexibility index (Phi) is 3.88. The minimum atomic E-state index is 0.618. The molecule has 1 aromatic carbocycles. The number of nitrogens with zero attached hydrogens (tertiary/aromatic N) is 1. The molecule has 1 aromatic rings. The summed E-state index contributed by atoms with van der Waals surface area (Å²) in [5, 5.41) is 0. The highest BCUT2D eigenvalue weighted by molar-refractivity contribution is 5.75. The third kappa shape index (κ3) is 2.56. The maximum atomic E-state index is 2.68. The quantitative estimate of drug-likeness (QED) is 0.620. The van der Waals surface area contributed by atoms with E-state index < -0.39 is 0 Å². The zero-order chi connectivity index (χ0) is 15.8. The summed E-state index contributed by atoms with van der Waals surface area (Å²) in [6.07, 6.45) is 15.8. The highest BCUT2D eigenvalue weighted by Crippen LogP contribution is 2.42. The predicted octanol–water partition coefficient (Wildman–Crippen LogP) is 5.95. The summed E-state index contributed by atoms with van der Waals surface area (Å²) >= 11 is 0. The van der Waals surface area contributed by atoms with E-state index in [0.29, 0.717) is 6.04 Å². The topological polar surface area (TPSA) is 3.24 Å². The fourth-order valence-corrected chi connectivity index (χ4v) is 4.52. The SMILES string of the molecule is CC1CCCC(N2C3=C(C=Cc4ccccc42)CCC=C3)C1C. The molecular weight excluding hydrogens is 278 g/mol. The molecule has 1 saturated carbocycles. The molecule has 0 N–H and O–H groups in total. The number of hydrogen-bond donors (Lipinski definition) is 0. The molecule has 0 radical (unpaired) electrons. The van der Waals surface area contributed by atoms with Crippen molar-refractivity contribution in [2.45, 2.75) is 52.0 Å². The van der Waals surface area contributed by atoms with Crippen LogP contribution < -0.4 is 4.90 Å². The second-order valence-corrected chi connectivity index (χ2v) is 7.45. The maximum Gasteiger partial charge on any atom is 0.0487 e. The summed E-state index contributed by atoms with van der Waals surface area (Å²) < 4.78 is 0. The van der Waals surface area contributed by atoms with Gasteiger partial charge in [-0.3, -0.25) is 0 Å². The largest absolute Gasteiger partial charge is 0.337 e. The Labute approximate surface area is 140 Å². The van der Waals surface area contributed by atoms with Crippen LogP contribution in [-0.4, -0.2) is 6.04 Å². The lowest BCUT2D eigenvalue weighted by molar-refractivity contribution is 0.236. The standard InChI is InChI=1S/C22H27N/c1-16-8-7-13-20(17(16)2)23-21-11-5-3-9-18(21)14-15-19-10-4-6-12-22(19)23/h3,5-6,9,11-12,14-17,20H,4,7-8,10,13H2,1-2H3. The Morgan fingerprint density at radius 3 is 2.78 bits per heavy atom. The average Bonchev–Trinajstić information content (AvgIpc) is 2.75. The Morgan fingerprint density at radius 2 is 1.87 bits per heavy atom. The van der Waals surface area contributed by atoms with Crippen LogP contribution in [0.2, 0.25) is 0 Å². The molecule has 0 spiro atoms. The predicted molar refractivity (Wildman–Crippen MR) is 99.3 cm³/mol. The minimum Gasteiger partial charge on any atom is -0.337 e. The van der Waals surface area contributed by atoms with E-state index in [-0.39, 0.29) is 0 Å². The Morgan fingerprint density at radius 1 is 1.00 bits per heavy atom. The fraction of sp³-hybridized carbons (Fsp3) is 0.455. The van der Waals surface area contributed by atoms with Crippen molar-refractivity contribution in [1.29, 1.82) is 0 Å². The second kappa shape index (κ2) is 6.03. The lowest BCUT2D eigenvalue weighted by atomic mass is 9.76. The van der Waals surface area contributed by atoms with E-state index in [4.69, 9.17) is 0 Å². The van der Waals surface area contributed by atoms with Gasteiger partial charge < -0.3 is 4.90 Å². The number of allylic oxidation sites excluding steroid dienone is 4.